The summed E-state index contributed by atoms with van der Waals surface area (Å²) in [5.74, 6) is 2.08. The topological polar surface area (TPSA) is 187 Å². The van der Waals surface area contributed by atoms with Crippen molar-refractivity contribution in [3.05, 3.63) is 0 Å². The van der Waals surface area contributed by atoms with Gasteiger partial charge in [0.1, 0.15) is 0 Å². The second-order valence-corrected chi connectivity index (χ2v) is 11.9. The van der Waals surface area contributed by atoms with Crippen molar-refractivity contribution in [3.63, 3.8) is 0 Å². The van der Waals surface area contributed by atoms with Crippen LogP contribution in [0.5, 0.6) is 0 Å². The third-order valence-electron chi connectivity index (χ3n) is 6.56. The molecule has 2 rings (SSSR count). The minimum absolute atomic E-state index is 0.0395. The van der Waals surface area contributed by atoms with Gasteiger partial charge < -0.3 is 33.6 Å². The van der Waals surface area contributed by atoms with E-state index in [9.17, 15) is 9.59 Å². The molecule has 1 heterocycles. The van der Waals surface area contributed by atoms with Crippen LogP contribution in [-0.2, 0) is 9.59 Å². The number of aliphatic imine (C=N–C) groups is 2. The van der Waals surface area contributed by atoms with Crippen molar-refractivity contribution in [2.45, 2.75) is 58.3 Å². The number of nitrogens with two attached hydrogens (primary N) is 4. The van der Waals surface area contributed by atoms with Crippen molar-refractivity contribution < 1.29 is 9.59 Å². The summed E-state index contributed by atoms with van der Waals surface area (Å²) in [7, 11) is 0.197. The second-order valence-electron chi connectivity index (χ2n) is 9.33. The maximum Gasteiger partial charge on any atom is 0.223 e. The van der Waals surface area contributed by atoms with Gasteiger partial charge in [-0.25, -0.2) is 0 Å². The van der Waals surface area contributed by atoms with Gasteiger partial charge in [0, 0.05) is 25.4 Å². The summed E-state index contributed by atoms with van der Waals surface area (Å²) in [6, 6.07) is 0. The Bertz CT molecular complexity index is 649. The van der Waals surface area contributed by atoms with Crippen LogP contribution >= 0.6 is 7.92 Å². The first kappa shape index (κ1) is 29.9. The summed E-state index contributed by atoms with van der Waals surface area (Å²) >= 11 is 0. The minimum Gasteiger partial charge on any atom is -0.370 e. The summed E-state index contributed by atoms with van der Waals surface area (Å²) in [5, 5.41) is 5.84. The lowest BCUT2D eigenvalue weighted by molar-refractivity contribution is -0.125. The van der Waals surface area contributed by atoms with E-state index in [2.05, 4.69) is 34.2 Å². The highest BCUT2D eigenvalue weighted by Crippen LogP contribution is 2.39. The van der Waals surface area contributed by atoms with Crippen LogP contribution in [0.4, 0.5) is 0 Å². The fourth-order valence-electron chi connectivity index (χ4n) is 4.26. The lowest BCUT2D eigenvalue weighted by Crippen LogP contribution is -2.35. The molecule has 1 aliphatic heterocycles. The van der Waals surface area contributed by atoms with Crippen LogP contribution in [0.1, 0.15) is 58.3 Å². The second kappa shape index (κ2) is 17.4. The number of carbonyl (C=O) groups is 2. The predicted octanol–water partition coefficient (Wildman–Crippen LogP) is 0.880. The maximum atomic E-state index is 11.7. The maximum absolute atomic E-state index is 11.7. The summed E-state index contributed by atoms with van der Waals surface area (Å²) in [5.41, 5.74) is 20.8. The lowest BCUT2D eigenvalue weighted by Gasteiger charge is -2.27. The Morgan fingerprint density at radius 2 is 1.41 bits per heavy atom. The highest BCUT2D eigenvalue weighted by Gasteiger charge is 2.23. The van der Waals surface area contributed by atoms with Gasteiger partial charge in [0.05, 0.1) is 13.1 Å². The fraction of sp³-hybridized carbons (Fsp3) is 0.826. The van der Waals surface area contributed by atoms with E-state index in [0.29, 0.717) is 32.0 Å². The molecule has 0 atom stereocenters. The quantitative estimate of drug-likeness (QED) is 0.112. The molecule has 196 valence electrons. The molecule has 0 unspecified atom stereocenters. The number of rotatable bonds is 10. The van der Waals surface area contributed by atoms with Crippen molar-refractivity contribution in [2.75, 3.05) is 45.2 Å². The summed E-state index contributed by atoms with van der Waals surface area (Å²) in [6.07, 6.45) is 11.3. The van der Waals surface area contributed by atoms with Gasteiger partial charge in [-0.1, -0.05) is 26.2 Å². The Balaban J connectivity index is 0.000000342. The molecule has 0 bridgehead atoms. The molecule has 1 saturated heterocycles. The standard InChI is InChI=1S/C13H26N4O.C10H21N4OP/c1-2-10-3-5-11(6-4-10)9-17-12(18)7-8-16-13(14)15;1-16-6-2-8(3-7-16)9(15)13-4-5-14-10(11)12/h10-11H,2-9H2,1H3,(H,17,18)(H4,14,15,16);8H,2-7H2,1H3,(H,13,15)(H4,11,12,14). The van der Waals surface area contributed by atoms with Gasteiger partial charge in [-0.05, 0) is 56.5 Å². The van der Waals surface area contributed by atoms with E-state index < -0.39 is 0 Å². The molecule has 2 amide bonds. The number of carbonyl (C=O) groups excluding carboxylic acids is 2. The van der Waals surface area contributed by atoms with E-state index in [1.165, 1.54) is 44.4 Å². The molecule has 10 N–H and O–H groups in total. The van der Waals surface area contributed by atoms with Crippen LogP contribution in [0.15, 0.2) is 9.98 Å². The largest absolute Gasteiger partial charge is 0.370 e. The van der Waals surface area contributed by atoms with E-state index in [4.69, 9.17) is 22.9 Å². The normalized spacial score (nSPS) is 24.1. The molecular weight excluding hydrogens is 451 g/mol. The van der Waals surface area contributed by atoms with E-state index in [1.54, 1.807) is 0 Å². The highest BCUT2D eigenvalue weighted by molar-refractivity contribution is 7.56. The van der Waals surface area contributed by atoms with Crippen LogP contribution in [0.3, 0.4) is 0 Å². The van der Waals surface area contributed by atoms with Crippen molar-refractivity contribution in [1.82, 2.24) is 10.6 Å². The highest BCUT2D eigenvalue weighted by atomic mass is 31.1. The predicted molar refractivity (Wildman–Crippen MR) is 143 cm³/mol. The van der Waals surface area contributed by atoms with E-state index >= 15 is 0 Å². The molecule has 11 heteroatoms. The van der Waals surface area contributed by atoms with Crippen LogP contribution in [-0.4, -0.2) is 68.9 Å². The Kier molecular flexibility index (Phi) is 15.3. The average Bonchev–Trinajstić information content (AvgIpc) is 2.81. The van der Waals surface area contributed by atoms with Crippen molar-refractivity contribution in [3.8, 4) is 0 Å². The molecule has 0 aromatic heterocycles. The van der Waals surface area contributed by atoms with Crippen LogP contribution in [0, 0.1) is 17.8 Å². The molecule has 2 aliphatic rings. The van der Waals surface area contributed by atoms with Gasteiger partial charge >= 0.3 is 0 Å². The van der Waals surface area contributed by atoms with Gasteiger partial charge in [0.25, 0.3) is 0 Å². The summed E-state index contributed by atoms with van der Waals surface area (Å²) in [6.45, 7) is 6.72. The van der Waals surface area contributed by atoms with Crippen LogP contribution < -0.4 is 33.6 Å². The SMILES string of the molecule is CCC1CCC(CNC(=O)CCN=C(N)N)CC1.CP1CCC(C(=O)NCCN=C(N)N)CC1. The lowest BCUT2D eigenvalue weighted by atomic mass is 9.81. The molecule has 0 spiro atoms. The summed E-state index contributed by atoms with van der Waals surface area (Å²) in [4.78, 5) is 30.9. The zero-order chi connectivity index (χ0) is 25.3. The van der Waals surface area contributed by atoms with Crippen molar-refractivity contribution in [2.24, 2.45) is 50.7 Å². The molecule has 0 radical (unpaired) electrons. The van der Waals surface area contributed by atoms with E-state index in [-0.39, 0.29) is 37.6 Å². The number of amides is 2. The van der Waals surface area contributed by atoms with E-state index in [0.717, 1.165) is 25.3 Å². The number of nitrogens with zero attached hydrogens (tertiary/aromatic N) is 2. The van der Waals surface area contributed by atoms with Crippen molar-refractivity contribution in [1.29, 1.82) is 0 Å². The number of hydrogen-bond donors (Lipinski definition) is 6. The van der Waals surface area contributed by atoms with Crippen LogP contribution in [0.25, 0.3) is 0 Å². The molecule has 0 aromatic rings. The zero-order valence-corrected chi connectivity index (χ0v) is 22.0. The molecule has 2 fully saturated rings. The third kappa shape index (κ3) is 14.2. The Morgan fingerprint density at radius 3 is 1.97 bits per heavy atom. The molecule has 10 nitrogen and oxygen atoms in total. The van der Waals surface area contributed by atoms with Gasteiger partial charge in [0.15, 0.2) is 11.9 Å². The fourth-order valence-corrected chi connectivity index (χ4v) is 5.98. The number of nitrogens with one attached hydrogen (secondary N) is 2. The monoisotopic (exact) mass is 498 g/mol. The Morgan fingerprint density at radius 1 is 0.853 bits per heavy atom. The summed E-state index contributed by atoms with van der Waals surface area (Å²) < 4.78 is 0. The molecule has 1 saturated carbocycles. The molecule has 1 aliphatic carbocycles. The zero-order valence-electron chi connectivity index (χ0n) is 21.1. The third-order valence-corrected chi connectivity index (χ3v) is 8.60. The van der Waals surface area contributed by atoms with Gasteiger partial charge in [0.2, 0.25) is 11.8 Å². The van der Waals surface area contributed by atoms with Gasteiger partial charge in [-0.3, -0.25) is 19.6 Å². The molecule has 0 aromatic carbocycles. The van der Waals surface area contributed by atoms with Crippen molar-refractivity contribution >= 4 is 31.7 Å². The minimum atomic E-state index is 0.0395. The van der Waals surface area contributed by atoms with Gasteiger partial charge in [-0.15, -0.1) is 7.92 Å². The van der Waals surface area contributed by atoms with Crippen LogP contribution in [0.2, 0.25) is 0 Å². The average molecular weight is 499 g/mol. The Hall–Kier alpha value is -2.09. The first-order valence-electron chi connectivity index (χ1n) is 12.5. The first-order valence-corrected chi connectivity index (χ1v) is 14.7. The molecular formula is C23H47N8O2P. The van der Waals surface area contributed by atoms with Gasteiger partial charge in [-0.2, -0.15) is 0 Å². The number of guanidine groups is 2. The smallest absolute Gasteiger partial charge is 0.223 e. The first-order chi connectivity index (χ1) is 16.2. The number of hydrogen-bond acceptors (Lipinski definition) is 4. The Labute approximate surface area is 206 Å². The molecule has 34 heavy (non-hydrogen) atoms. The van der Waals surface area contributed by atoms with E-state index in [1.807, 2.05) is 0 Å².